The zero-order valence-corrected chi connectivity index (χ0v) is 25.8. The van der Waals surface area contributed by atoms with Crippen LogP contribution in [0.1, 0.15) is 22.3 Å². The third-order valence-corrected chi connectivity index (χ3v) is 8.07. The van der Waals surface area contributed by atoms with Crippen molar-refractivity contribution in [1.82, 2.24) is 9.80 Å². The Bertz CT molecular complexity index is 1420. The molecule has 44 heavy (non-hydrogen) atoms. The van der Waals surface area contributed by atoms with Crippen molar-refractivity contribution in [3.63, 3.8) is 0 Å². The Labute approximate surface area is 260 Å². The van der Waals surface area contributed by atoms with Crippen LogP contribution in [0.2, 0.25) is 0 Å². The molecule has 5 rings (SSSR count). The van der Waals surface area contributed by atoms with Crippen LogP contribution in [0.15, 0.2) is 109 Å². The highest BCUT2D eigenvalue weighted by Gasteiger charge is 2.38. The summed E-state index contributed by atoms with van der Waals surface area (Å²) in [5, 5.41) is 0. The molecule has 0 radical (unpaired) electrons. The number of hydrogen-bond donors (Lipinski definition) is 0. The Kier molecular flexibility index (Phi) is 10.3. The van der Waals surface area contributed by atoms with E-state index in [4.69, 9.17) is 18.9 Å². The zero-order chi connectivity index (χ0) is 30.9. The Morgan fingerprint density at radius 3 is 1.07 bits per heavy atom. The van der Waals surface area contributed by atoms with Gasteiger partial charge in [0.05, 0.1) is 40.5 Å². The molecule has 0 bridgehead atoms. The van der Waals surface area contributed by atoms with E-state index < -0.39 is 0 Å². The molecular formula is C37H40N2O5. The summed E-state index contributed by atoms with van der Waals surface area (Å²) in [5.41, 5.74) is 4.49. The topological polar surface area (TPSA) is 60.5 Å². The van der Waals surface area contributed by atoms with Crippen molar-refractivity contribution < 1.29 is 23.7 Å². The van der Waals surface area contributed by atoms with E-state index in [0.717, 1.165) is 45.3 Å². The summed E-state index contributed by atoms with van der Waals surface area (Å²) in [6.07, 6.45) is 3.81. The summed E-state index contributed by atoms with van der Waals surface area (Å²) in [6.45, 7) is 2.52. The highest BCUT2D eigenvalue weighted by atomic mass is 16.5. The molecule has 2 atom stereocenters. The van der Waals surface area contributed by atoms with Crippen molar-refractivity contribution in [2.24, 2.45) is 0 Å². The predicted molar refractivity (Wildman–Crippen MR) is 172 cm³/mol. The van der Waals surface area contributed by atoms with E-state index in [1.165, 1.54) is 0 Å². The standard InChI is InChI=1S/C37H40N2O5/c1-41-31-13-5-27(6-14-31)23-38(24-28-7-15-32(42-2)16-8-28)35-21-22-36(40)37(35)39(25-29-9-17-33(43-3)18-10-29)26-30-11-19-34(44-4)20-12-30/h5-22,35,37H,23-26H2,1-4H3. The van der Waals surface area contributed by atoms with Gasteiger partial charge in [-0.15, -0.1) is 0 Å². The second kappa shape index (κ2) is 14.7. The average Bonchev–Trinajstić information content (AvgIpc) is 3.46. The minimum atomic E-state index is -0.379. The van der Waals surface area contributed by atoms with Gasteiger partial charge in [0, 0.05) is 26.2 Å². The highest BCUT2D eigenvalue weighted by Crippen LogP contribution is 2.29. The molecule has 4 aromatic carbocycles. The molecule has 0 saturated carbocycles. The van der Waals surface area contributed by atoms with Gasteiger partial charge in [0.1, 0.15) is 23.0 Å². The summed E-state index contributed by atoms with van der Waals surface area (Å²) in [5.74, 6) is 3.34. The van der Waals surface area contributed by atoms with Gasteiger partial charge >= 0.3 is 0 Å². The molecule has 228 valence electrons. The lowest BCUT2D eigenvalue weighted by atomic mass is 10.0. The van der Waals surface area contributed by atoms with Crippen LogP contribution in [-0.4, -0.2) is 56.1 Å². The van der Waals surface area contributed by atoms with E-state index in [1.807, 2.05) is 48.5 Å². The minimum Gasteiger partial charge on any atom is -0.497 e. The first-order valence-electron chi connectivity index (χ1n) is 14.7. The molecule has 0 saturated heterocycles. The van der Waals surface area contributed by atoms with Gasteiger partial charge in [-0.1, -0.05) is 54.6 Å². The van der Waals surface area contributed by atoms with Crippen LogP contribution in [-0.2, 0) is 31.0 Å². The summed E-state index contributed by atoms with van der Waals surface area (Å²) < 4.78 is 21.6. The predicted octanol–water partition coefficient (Wildman–Crippen LogP) is 6.30. The van der Waals surface area contributed by atoms with E-state index in [1.54, 1.807) is 34.5 Å². The number of nitrogens with zero attached hydrogens (tertiary/aromatic N) is 2. The summed E-state index contributed by atoms with van der Waals surface area (Å²) in [7, 11) is 6.67. The lowest BCUT2D eigenvalue weighted by Gasteiger charge is -2.38. The normalized spacial score (nSPS) is 16.0. The van der Waals surface area contributed by atoms with E-state index in [2.05, 4.69) is 64.4 Å². The van der Waals surface area contributed by atoms with Gasteiger partial charge in [0.2, 0.25) is 0 Å². The van der Waals surface area contributed by atoms with E-state index >= 15 is 0 Å². The molecule has 0 N–H and O–H groups in total. The number of rotatable bonds is 14. The molecule has 7 heteroatoms. The maximum atomic E-state index is 13.8. The first kappa shape index (κ1) is 30.9. The van der Waals surface area contributed by atoms with Crippen molar-refractivity contribution in [2.45, 2.75) is 38.3 Å². The molecule has 1 aliphatic rings. The van der Waals surface area contributed by atoms with Crippen LogP contribution in [0.5, 0.6) is 23.0 Å². The van der Waals surface area contributed by atoms with Crippen LogP contribution in [0.4, 0.5) is 0 Å². The fraction of sp³-hybridized carbons (Fsp3) is 0.270. The number of ether oxygens (including phenoxy) is 4. The monoisotopic (exact) mass is 592 g/mol. The second-order valence-corrected chi connectivity index (χ2v) is 10.9. The smallest absolute Gasteiger partial charge is 0.174 e. The van der Waals surface area contributed by atoms with Gasteiger partial charge in [0.25, 0.3) is 0 Å². The SMILES string of the molecule is COc1ccc(CN(Cc2ccc(OC)cc2)C2C=CC(=O)C2N(Cc2ccc(OC)cc2)Cc2ccc(OC)cc2)cc1. The molecule has 4 aromatic rings. The van der Waals surface area contributed by atoms with Crippen LogP contribution >= 0.6 is 0 Å². The Hall–Kier alpha value is -4.59. The average molecular weight is 593 g/mol. The molecule has 0 aromatic heterocycles. The van der Waals surface area contributed by atoms with Crippen molar-refractivity contribution in [3.05, 3.63) is 131 Å². The molecule has 0 amide bonds. The molecule has 0 fully saturated rings. The number of carbonyl (C=O) groups excluding carboxylic acids is 1. The summed E-state index contributed by atoms with van der Waals surface area (Å²) in [6, 6.07) is 31.8. The quantitative estimate of drug-likeness (QED) is 0.170. The molecule has 0 spiro atoms. The van der Waals surface area contributed by atoms with Gasteiger partial charge in [-0.2, -0.15) is 0 Å². The second-order valence-electron chi connectivity index (χ2n) is 10.9. The number of benzene rings is 4. The van der Waals surface area contributed by atoms with Crippen molar-refractivity contribution in [3.8, 4) is 23.0 Å². The summed E-state index contributed by atoms with van der Waals surface area (Å²) in [4.78, 5) is 18.4. The fourth-order valence-electron chi connectivity index (χ4n) is 5.66. The maximum absolute atomic E-state index is 13.8. The van der Waals surface area contributed by atoms with Crippen LogP contribution in [0, 0.1) is 0 Å². The van der Waals surface area contributed by atoms with Gasteiger partial charge in [-0.3, -0.25) is 14.6 Å². The first-order chi connectivity index (χ1) is 21.5. The number of carbonyl (C=O) groups is 1. The van der Waals surface area contributed by atoms with Crippen molar-refractivity contribution in [1.29, 1.82) is 0 Å². The molecule has 2 unspecified atom stereocenters. The van der Waals surface area contributed by atoms with E-state index in [0.29, 0.717) is 26.2 Å². The Balaban J connectivity index is 1.48. The third-order valence-electron chi connectivity index (χ3n) is 8.07. The van der Waals surface area contributed by atoms with Crippen LogP contribution in [0.3, 0.4) is 0 Å². The zero-order valence-electron chi connectivity index (χ0n) is 25.8. The molecule has 0 heterocycles. The number of methoxy groups -OCH3 is 4. The molecule has 1 aliphatic carbocycles. The van der Waals surface area contributed by atoms with Gasteiger partial charge < -0.3 is 18.9 Å². The molecular weight excluding hydrogens is 552 g/mol. The Morgan fingerprint density at radius 2 is 0.773 bits per heavy atom. The Morgan fingerprint density at radius 1 is 0.477 bits per heavy atom. The molecule has 0 aliphatic heterocycles. The lowest BCUT2D eigenvalue weighted by molar-refractivity contribution is -0.121. The van der Waals surface area contributed by atoms with Crippen molar-refractivity contribution in [2.75, 3.05) is 28.4 Å². The molecule has 7 nitrogen and oxygen atoms in total. The van der Waals surface area contributed by atoms with Gasteiger partial charge in [-0.05, 0) is 76.9 Å². The van der Waals surface area contributed by atoms with E-state index in [9.17, 15) is 4.79 Å². The van der Waals surface area contributed by atoms with Gasteiger partial charge in [-0.25, -0.2) is 0 Å². The van der Waals surface area contributed by atoms with E-state index in [-0.39, 0.29) is 17.9 Å². The largest absolute Gasteiger partial charge is 0.497 e. The third kappa shape index (κ3) is 7.67. The first-order valence-corrected chi connectivity index (χ1v) is 14.7. The van der Waals surface area contributed by atoms with Gasteiger partial charge in [0.15, 0.2) is 5.78 Å². The fourth-order valence-corrected chi connectivity index (χ4v) is 5.66. The maximum Gasteiger partial charge on any atom is 0.174 e. The number of hydrogen-bond acceptors (Lipinski definition) is 7. The lowest BCUT2D eigenvalue weighted by Crippen LogP contribution is -2.51. The van der Waals surface area contributed by atoms with Crippen LogP contribution in [0.25, 0.3) is 0 Å². The summed E-state index contributed by atoms with van der Waals surface area (Å²) >= 11 is 0. The van der Waals surface area contributed by atoms with Crippen molar-refractivity contribution >= 4 is 5.78 Å². The highest BCUT2D eigenvalue weighted by molar-refractivity contribution is 5.98. The minimum absolute atomic E-state index is 0.103. The number of ketones is 1. The van der Waals surface area contributed by atoms with Crippen LogP contribution < -0.4 is 18.9 Å².